The van der Waals surface area contributed by atoms with E-state index in [2.05, 4.69) is 4.74 Å². The topological polar surface area (TPSA) is 29.5 Å². The molecule has 2 unspecified atom stereocenters. The van der Waals surface area contributed by atoms with Gasteiger partial charge >= 0.3 is 6.36 Å². The van der Waals surface area contributed by atoms with Crippen LogP contribution < -0.4 is 4.74 Å². The molecule has 0 spiro atoms. The summed E-state index contributed by atoms with van der Waals surface area (Å²) in [6.07, 6.45) is -5.20. The summed E-state index contributed by atoms with van der Waals surface area (Å²) in [6.45, 7) is 5.62. The highest BCUT2D eigenvalue weighted by molar-refractivity contribution is 5.29. The second-order valence-electron chi connectivity index (χ2n) is 4.64. The van der Waals surface area contributed by atoms with Crippen LogP contribution in [0.2, 0.25) is 0 Å². The lowest BCUT2D eigenvalue weighted by Crippen LogP contribution is -2.22. The van der Waals surface area contributed by atoms with Crippen LogP contribution in [0.15, 0.2) is 24.3 Å². The van der Waals surface area contributed by atoms with Gasteiger partial charge in [0.2, 0.25) is 0 Å². The van der Waals surface area contributed by atoms with Gasteiger partial charge < -0.3 is 9.84 Å². The number of benzene rings is 1. The maximum atomic E-state index is 12.0. The molecule has 0 bridgehead atoms. The summed E-state index contributed by atoms with van der Waals surface area (Å²) in [6, 6.07) is 5.59. The molecule has 2 nitrogen and oxygen atoms in total. The lowest BCUT2D eigenvalue weighted by molar-refractivity contribution is -0.274. The van der Waals surface area contributed by atoms with Gasteiger partial charge in [-0.1, -0.05) is 32.9 Å². The highest BCUT2D eigenvalue weighted by Crippen LogP contribution is 2.27. The lowest BCUT2D eigenvalue weighted by atomic mass is 9.89. The van der Waals surface area contributed by atoms with Crippen molar-refractivity contribution in [1.29, 1.82) is 0 Å². The van der Waals surface area contributed by atoms with Gasteiger partial charge in [-0.15, -0.1) is 13.2 Å². The smallest absolute Gasteiger partial charge is 0.406 e. The monoisotopic (exact) mass is 262 g/mol. The third kappa shape index (κ3) is 4.22. The van der Waals surface area contributed by atoms with Crippen molar-refractivity contribution in [2.75, 3.05) is 0 Å². The Morgan fingerprint density at radius 2 is 1.56 bits per heavy atom. The minimum Gasteiger partial charge on any atom is -0.406 e. The summed E-state index contributed by atoms with van der Waals surface area (Å²) in [5.74, 6) is -0.298. The van der Waals surface area contributed by atoms with Gasteiger partial charge in [0.15, 0.2) is 0 Å². The molecule has 0 aliphatic carbocycles. The zero-order chi connectivity index (χ0) is 13.9. The summed E-state index contributed by atoms with van der Waals surface area (Å²) in [7, 11) is 0. The van der Waals surface area contributed by atoms with Gasteiger partial charge in [-0.05, 0) is 23.6 Å². The molecule has 1 rings (SSSR count). The zero-order valence-electron chi connectivity index (χ0n) is 10.5. The van der Waals surface area contributed by atoms with Gasteiger partial charge in [0.05, 0.1) is 6.10 Å². The molecule has 5 heteroatoms. The molecule has 0 amide bonds. The number of ether oxygens (including phenoxy) is 1. The van der Waals surface area contributed by atoms with E-state index in [4.69, 9.17) is 0 Å². The first kappa shape index (κ1) is 14.8. The van der Waals surface area contributed by atoms with Crippen LogP contribution in [-0.2, 0) is 0 Å². The largest absolute Gasteiger partial charge is 0.573 e. The van der Waals surface area contributed by atoms with Crippen molar-refractivity contribution in [3.05, 3.63) is 29.8 Å². The molecule has 0 aromatic heterocycles. The molecule has 0 saturated carbocycles. The van der Waals surface area contributed by atoms with E-state index in [0.29, 0.717) is 0 Å². The van der Waals surface area contributed by atoms with Crippen LogP contribution in [0.4, 0.5) is 13.2 Å². The van der Waals surface area contributed by atoms with Crippen molar-refractivity contribution >= 4 is 0 Å². The van der Waals surface area contributed by atoms with Crippen molar-refractivity contribution in [3.8, 4) is 5.75 Å². The summed E-state index contributed by atoms with van der Waals surface area (Å²) in [5, 5.41) is 9.89. The molecule has 1 aromatic rings. The van der Waals surface area contributed by atoms with Crippen molar-refractivity contribution < 1.29 is 23.0 Å². The van der Waals surface area contributed by atoms with Gasteiger partial charge in [0.1, 0.15) is 5.75 Å². The van der Waals surface area contributed by atoms with Crippen LogP contribution in [0.25, 0.3) is 0 Å². The Labute approximate surface area is 104 Å². The average Bonchev–Trinajstić information content (AvgIpc) is 2.26. The first-order valence-electron chi connectivity index (χ1n) is 5.74. The Morgan fingerprint density at radius 3 is 1.94 bits per heavy atom. The second kappa shape index (κ2) is 5.61. The van der Waals surface area contributed by atoms with Crippen molar-refractivity contribution in [2.45, 2.75) is 39.2 Å². The van der Waals surface area contributed by atoms with Crippen LogP contribution in [-0.4, -0.2) is 17.6 Å². The number of hydrogen-bond donors (Lipinski definition) is 1. The van der Waals surface area contributed by atoms with E-state index in [-0.39, 0.29) is 17.6 Å². The maximum absolute atomic E-state index is 12.0. The number of rotatable bonds is 4. The van der Waals surface area contributed by atoms with Gasteiger partial charge in [0, 0.05) is 5.92 Å². The van der Waals surface area contributed by atoms with E-state index in [1.54, 1.807) is 0 Å². The minimum atomic E-state index is -4.68. The Hall–Kier alpha value is -1.23. The summed E-state index contributed by atoms with van der Waals surface area (Å²) >= 11 is 0. The van der Waals surface area contributed by atoms with E-state index in [1.807, 2.05) is 20.8 Å². The molecule has 0 radical (unpaired) electrons. The molecule has 18 heavy (non-hydrogen) atoms. The maximum Gasteiger partial charge on any atom is 0.573 e. The Morgan fingerprint density at radius 1 is 1.06 bits per heavy atom. The fourth-order valence-corrected chi connectivity index (χ4v) is 1.75. The molecule has 102 valence electrons. The highest BCUT2D eigenvalue weighted by Gasteiger charge is 2.31. The molecule has 0 aliphatic rings. The second-order valence-corrected chi connectivity index (χ2v) is 4.64. The van der Waals surface area contributed by atoms with E-state index in [9.17, 15) is 18.3 Å². The average molecular weight is 262 g/mol. The van der Waals surface area contributed by atoms with Gasteiger partial charge in [0.25, 0.3) is 0 Å². The molecule has 0 saturated heterocycles. The predicted octanol–water partition coefficient (Wildman–Crippen LogP) is 3.71. The molecular formula is C13H17F3O2. The Balaban J connectivity index is 2.77. The first-order chi connectivity index (χ1) is 8.20. The summed E-state index contributed by atoms with van der Waals surface area (Å²) < 4.78 is 39.7. The molecule has 1 aromatic carbocycles. The minimum absolute atomic E-state index is 0.0890. The predicted molar refractivity (Wildman–Crippen MR) is 62.4 cm³/mol. The van der Waals surface area contributed by atoms with Crippen LogP contribution in [0.3, 0.4) is 0 Å². The molecule has 0 fully saturated rings. The SMILES string of the molecule is CC(C)C(O)C(C)c1ccc(OC(F)(F)F)cc1. The molecule has 0 aliphatic heterocycles. The summed E-state index contributed by atoms with van der Waals surface area (Å²) in [5.41, 5.74) is 0.783. The standard InChI is InChI=1S/C13H17F3O2/c1-8(2)12(17)9(3)10-4-6-11(7-5-10)18-13(14,15)16/h4-9,12,17H,1-3H3. The van der Waals surface area contributed by atoms with Gasteiger partial charge in [-0.2, -0.15) is 0 Å². The lowest BCUT2D eigenvalue weighted by Gasteiger charge is -2.22. The molecular weight excluding hydrogens is 245 g/mol. The number of hydrogen-bond acceptors (Lipinski definition) is 2. The molecule has 0 heterocycles. The quantitative estimate of drug-likeness (QED) is 0.896. The normalized spacial score (nSPS) is 15.6. The molecule has 2 atom stereocenters. The van der Waals surface area contributed by atoms with E-state index in [1.165, 1.54) is 24.3 Å². The third-order valence-corrected chi connectivity index (χ3v) is 2.83. The fourth-order valence-electron chi connectivity index (χ4n) is 1.75. The number of halogens is 3. The summed E-state index contributed by atoms with van der Waals surface area (Å²) in [4.78, 5) is 0. The molecule has 1 N–H and O–H groups in total. The van der Waals surface area contributed by atoms with Crippen molar-refractivity contribution in [3.63, 3.8) is 0 Å². The zero-order valence-corrected chi connectivity index (χ0v) is 10.5. The van der Waals surface area contributed by atoms with E-state index >= 15 is 0 Å². The van der Waals surface area contributed by atoms with E-state index in [0.717, 1.165) is 5.56 Å². The number of alkyl halides is 3. The highest BCUT2D eigenvalue weighted by atomic mass is 19.4. The van der Waals surface area contributed by atoms with E-state index < -0.39 is 12.5 Å². The third-order valence-electron chi connectivity index (χ3n) is 2.83. The fraction of sp³-hybridized carbons (Fsp3) is 0.538. The van der Waals surface area contributed by atoms with Crippen LogP contribution in [0.1, 0.15) is 32.3 Å². The van der Waals surface area contributed by atoms with Crippen LogP contribution in [0, 0.1) is 5.92 Å². The number of aliphatic hydroxyl groups excluding tert-OH is 1. The first-order valence-corrected chi connectivity index (χ1v) is 5.74. The Bertz CT molecular complexity index is 371. The number of aliphatic hydroxyl groups is 1. The van der Waals surface area contributed by atoms with Gasteiger partial charge in [-0.25, -0.2) is 0 Å². The van der Waals surface area contributed by atoms with Crippen LogP contribution in [0.5, 0.6) is 5.75 Å². The van der Waals surface area contributed by atoms with Crippen molar-refractivity contribution in [2.24, 2.45) is 5.92 Å². The van der Waals surface area contributed by atoms with Crippen molar-refractivity contribution in [1.82, 2.24) is 0 Å². The van der Waals surface area contributed by atoms with Crippen LogP contribution >= 0.6 is 0 Å². The van der Waals surface area contributed by atoms with Gasteiger partial charge in [-0.3, -0.25) is 0 Å². The Kier molecular flexibility index (Phi) is 4.62.